The normalized spacial score (nSPS) is 21.8. The molecule has 0 aliphatic carbocycles. The maximum Gasteiger partial charge on any atom is 0.310 e. The number of rotatable bonds is 8. The Morgan fingerprint density at radius 3 is 2.50 bits per heavy atom. The molecular formula is C20H29NO5. The van der Waals surface area contributed by atoms with E-state index in [2.05, 4.69) is 4.90 Å². The highest BCUT2D eigenvalue weighted by Gasteiger charge is 2.41. The lowest BCUT2D eigenvalue weighted by Gasteiger charge is -2.43. The molecule has 2 rings (SSSR count). The quantitative estimate of drug-likeness (QED) is 0.715. The molecule has 1 saturated heterocycles. The van der Waals surface area contributed by atoms with E-state index in [9.17, 15) is 14.7 Å². The van der Waals surface area contributed by atoms with E-state index in [1.165, 1.54) is 0 Å². The van der Waals surface area contributed by atoms with Crippen molar-refractivity contribution < 1.29 is 24.2 Å². The molecular weight excluding hydrogens is 334 g/mol. The zero-order valence-corrected chi connectivity index (χ0v) is 15.6. The molecule has 0 unspecified atom stereocenters. The fourth-order valence-corrected chi connectivity index (χ4v) is 3.72. The van der Waals surface area contributed by atoms with Crippen LogP contribution in [0.3, 0.4) is 0 Å². The molecule has 26 heavy (non-hydrogen) atoms. The Morgan fingerprint density at radius 2 is 1.88 bits per heavy atom. The largest absolute Gasteiger partial charge is 0.466 e. The SMILES string of the molecule is CCOC(=O)C[C@@H]1[C@H](C(=O)OCC)CCCN1[C@H](CO)c1ccccc1. The lowest BCUT2D eigenvalue weighted by molar-refractivity contribution is -0.156. The third-order valence-electron chi connectivity index (χ3n) is 4.85. The van der Waals surface area contributed by atoms with Crippen molar-refractivity contribution in [1.29, 1.82) is 0 Å². The van der Waals surface area contributed by atoms with Gasteiger partial charge in [0.2, 0.25) is 0 Å². The van der Waals surface area contributed by atoms with Crippen LogP contribution >= 0.6 is 0 Å². The average Bonchev–Trinajstić information content (AvgIpc) is 2.64. The van der Waals surface area contributed by atoms with Crippen LogP contribution in [0.25, 0.3) is 0 Å². The summed E-state index contributed by atoms with van der Waals surface area (Å²) >= 11 is 0. The number of aliphatic hydroxyl groups is 1. The molecule has 6 nitrogen and oxygen atoms in total. The van der Waals surface area contributed by atoms with Gasteiger partial charge in [-0.1, -0.05) is 30.3 Å². The monoisotopic (exact) mass is 363 g/mol. The van der Waals surface area contributed by atoms with Crippen molar-refractivity contribution in [3.05, 3.63) is 35.9 Å². The molecule has 1 aromatic carbocycles. The maximum absolute atomic E-state index is 12.5. The van der Waals surface area contributed by atoms with Crippen molar-refractivity contribution in [2.24, 2.45) is 5.92 Å². The van der Waals surface area contributed by atoms with Crippen molar-refractivity contribution in [3.63, 3.8) is 0 Å². The minimum Gasteiger partial charge on any atom is -0.466 e. The number of hydrogen-bond acceptors (Lipinski definition) is 6. The van der Waals surface area contributed by atoms with E-state index in [1.54, 1.807) is 13.8 Å². The van der Waals surface area contributed by atoms with E-state index in [0.717, 1.165) is 12.0 Å². The molecule has 1 fully saturated rings. The van der Waals surface area contributed by atoms with E-state index in [0.29, 0.717) is 26.2 Å². The van der Waals surface area contributed by atoms with Gasteiger partial charge in [0, 0.05) is 6.04 Å². The predicted octanol–water partition coefficient (Wildman–Crippen LogP) is 2.32. The Morgan fingerprint density at radius 1 is 1.19 bits per heavy atom. The lowest BCUT2D eigenvalue weighted by atomic mass is 9.85. The summed E-state index contributed by atoms with van der Waals surface area (Å²) in [5, 5.41) is 10.0. The Balaban J connectivity index is 2.29. The summed E-state index contributed by atoms with van der Waals surface area (Å²) in [5.74, 6) is -1.01. The van der Waals surface area contributed by atoms with Crippen molar-refractivity contribution >= 4 is 11.9 Å². The van der Waals surface area contributed by atoms with Gasteiger partial charge in [0.1, 0.15) is 0 Å². The van der Waals surface area contributed by atoms with E-state index < -0.39 is 5.92 Å². The first-order chi connectivity index (χ1) is 12.6. The number of benzene rings is 1. The van der Waals surface area contributed by atoms with Crippen molar-refractivity contribution in [2.45, 2.75) is 45.2 Å². The standard InChI is InChI=1S/C20H29NO5/c1-3-25-19(23)13-17-16(20(24)26-4-2)11-8-12-21(17)18(14-22)15-9-6-5-7-10-15/h5-7,9-10,16-18,22H,3-4,8,11-14H2,1-2H3/t16-,17-,18-/m1/s1. The fourth-order valence-electron chi connectivity index (χ4n) is 3.72. The summed E-state index contributed by atoms with van der Waals surface area (Å²) < 4.78 is 10.4. The molecule has 0 saturated carbocycles. The second-order valence-electron chi connectivity index (χ2n) is 6.42. The average molecular weight is 363 g/mol. The number of ether oxygens (including phenoxy) is 2. The number of piperidine rings is 1. The van der Waals surface area contributed by atoms with Gasteiger partial charge in [-0.2, -0.15) is 0 Å². The molecule has 0 aromatic heterocycles. The van der Waals surface area contributed by atoms with Gasteiger partial charge < -0.3 is 14.6 Å². The summed E-state index contributed by atoms with van der Waals surface area (Å²) in [5.41, 5.74) is 0.966. The zero-order chi connectivity index (χ0) is 18.9. The third-order valence-corrected chi connectivity index (χ3v) is 4.85. The molecule has 0 spiro atoms. The molecule has 1 N–H and O–H groups in total. The fraction of sp³-hybridized carbons (Fsp3) is 0.600. The van der Waals surface area contributed by atoms with Crippen molar-refractivity contribution in [3.8, 4) is 0 Å². The first-order valence-corrected chi connectivity index (χ1v) is 9.36. The minimum atomic E-state index is -0.397. The molecule has 1 aliphatic heterocycles. The van der Waals surface area contributed by atoms with E-state index in [4.69, 9.17) is 9.47 Å². The molecule has 1 aromatic rings. The van der Waals surface area contributed by atoms with Crippen LogP contribution in [0.5, 0.6) is 0 Å². The molecule has 144 valence electrons. The Bertz CT molecular complexity index is 577. The number of carbonyl (C=O) groups excluding carboxylic acids is 2. The maximum atomic E-state index is 12.5. The summed E-state index contributed by atoms with van der Waals surface area (Å²) in [6, 6.07) is 9.06. The third kappa shape index (κ3) is 5.05. The summed E-state index contributed by atoms with van der Waals surface area (Å²) in [7, 11) is 0. The van der Waals surface area contributed by atoms with Crippen LogP contribution < -0.4 is 0 Å². The number of nitrogens with zero attached hydrogens (tertiary/aromatic N) is 1. The highest BCUT2D eigenvalue weighted by atomic mass is 16.5. The minimum absolute atomic E-state index is 0.0844. The van der Waals surface area contributed by atoms with Crippen LogP contribution in [0.1, 0.15) is 44.7 Å². The number of aliphatic hydroxyl groups excluding tert-OH is 1. The lowest BCUT2D eigenvalue weighted by Crippen LogP contribution is -2.51. The van der Waals surface area contributed by atoms with Crippen LogP contribution in [-0.2, 0) is 19.1 Å². The molecule has 0 radical (unpaired) electrons. The first kappa shape index (κ1) is 20.4. The molecule has 1 heterocycles. The van der Waals surface area contributed by atoms with Gasteiger partial charge in [0.25, 0.3) is 0 Å². The second-order valence-corrected chi connectivity index (χ2v) is 6.42. The van der Waals surface area contributed by atoms with Gasteiger partial charge in [-0.25, -0.2) is 0 Å². The van der Waals surface area contributed by atoms with Crippen LogP contribution in [0.15, 0.2) is 30.3 Å². The second kappa shape index (κ2) is 10.3. The Hall–Kier alpha value is -1.92. The van der Waals surface area contributed by atoms with Gasteiger partial charge >= 0.3 is 11.9 Å². The van der Waals surface area contributed by atoms with E-state index >= 15 is 0 Å². The summed E-state index contributed by atoms with van der Waals surface area (Å²) in [6.45, 7) is 4.78. The number of esters is 2. The Labute approximate surface area is 155 Å². The molecule has 1 aliphatic rings. The van der Waals surface area contributed by atoms with E-state index in [1.807, 2.05) is 30.3 Å². The first-order valence-electron chi connectivity index (χ1n) is 9.36. The smallest absolute Gasteiger partial charge is 0.310 e. The Kier molecular flexibility index (Phi) is 8.06. The zero-order valence-electron chi connectivity index (χ0n) is 15.6. The molecule has 0 bridgehead atoms. The molecule has 0 amide bonds. The van der Waals surface area contributed by atoms with Crippen LogP contribution in [-0.4, -0.2) is 54.4 Å². The highest BCUT2D eigenvalue weighted by Crippen LogP contribution is 2.34. The van der Waals surface area contributed by atoms with Gasteiger partial charge in [-0.05, 0) is 38.8 Å². The van der Waals surface area contributed by atoms with Crippen LogP contribution in [0.4, 0.5) is 0 Å². The predicted molar refractivity (Wildman–Crippen MR) is 97.4 cm³/mol. The van der Waals surface area contributed by atoms with Gasteiger partial charge in [0.15, 0.2) is 0 Å². The molecule has 3 atom stereocenters. The number of hydrogen-bond donors (Lipinski definition) is 1. The van der Waals surface area contributed by atoms with Gasteiger partial charge in [0.05, 0.1) is 38.2 Å². The molecule has 6 heteroatoms. The van der Waals surface area contributed by atoms with E-state index in [-0.39, 0.29) is 37.0 Å². The summed E-state index contributed by atoms with van der Waals surface area (Å²) in [6.07, 6.45) is 1.60. The van der Waals surface area contributed by atoms with Crippen LogP contribution in [0.2, 0.25) is 0 Å². The van der Waals surface area contributed by atoms with Crippen LogP contribution in [0, 0.1) is 5.92 Å². The van der Waals surface area contributed by atoms with Crippen molar-refractivity contribution in [2.75, 3.05) is 26.4 Å². The highest BCUT2D eigenvalue weighted by molar-refractivity contribution is 5.76. The number of carbonyl (C=O) groups is 2. The number of likely N-dealkylation sites (tertiary alicyclic amines) is 1. The topological polar surface area (TPSA) is 76.1 Å². The van der Waals surface area contributed by atoms with Gasteiger partial charge in [-0.3, -0.25) is 14.5 Å². The van der Waals surface area contributed by atoms with Crippen molar-refractivity contribution in [1.82, 2.24) is 4.90 Å². The van der Waals surface area contributed by atoms with Gasteiger partial charge in [-0.15, -0.1) is 0 Å². The summed E-state index contributed by atoms with van der Waals surface area (Å²) in [4.78, 5) is 26.7.